The maximum atomic E-state index is 14.1. The Kier molecular flexibility index (Phi) is 7.70. The zero-order valence-corrected chi connectivity index (χ0v) is 19.6. The Hall–Kier alpha value is -2.80. The van der Waals surface area contributed by atoms with Crippen LogP contribution in [-0.2, 0) is 19.6 Å². The van der Waals surface area contributed by atoms with Crippen molar-refractivity contribution in [3.05, 3.63) is 87.4 Å². The Morgan fingerprint density at radius 1 is 1.03 bits per heavy atom. The quantitative estimate of drug-likeness (QED) is 0.257. The lowest BCUT2D eigenvalue weighted by Crippen LogP contribution is -2.17. The van der Waals surface area contributed by atoms with Crippen molar-refractivity contribution < 1.29 is 13.9 Å². The number of aromatic amines is 1. The minimum atomic E-state index is -0.429. The average Bonchev–Trinajstić information content (AvgIpc) is 3.21. The highest BCUT2D eigenvalue weighted by Gasteiger charge is 2.15. The number of benzene rings is 3. The molecule has 0 unspecified atom stereocenters. The molecule has 0 spiro atoms. The number of hydrogen-bond acceptors (Lipinski definition) is 4. The van der Waals surface area contributed by atoms with Gasteiger partial charge in [-0.15, -0.1) is 0 Å². The van der Waals surface area contributed by atoms with Gasteiger partial charge in [-0.3, -0.25) is 0 Å². The van der Waals surface area contributed by atoms with Crippen molar-refractivity contribution in [1.29, 1.82) is 0 Å². The van der Waals surface area contributed by atoms with E-state index in [1.807, 2.05) is 43.3 Å². The molecule has 0 aliphatic rings. The molecule has 1 heterocycles. The van der Waals surface area contributed by atoms with E-state index in [0.717, 1.165) is 35.4 Å². The number of aromatic nitrogens is 2. The van der Waals surface area contributed by atoms with Crippen molar-refractivity contribution in [1.82, 2.24) is 15.3 Å². The van der Waals surface area contributed by atoms with Crippen molar-refractivity contribution in [2.24, 2.45) is 0 Å². The number of nitrogens with zero attached hydrogens (tertiary/aromatic N) is 1. The molecule has 172 valence electrons. The number of hydrogen-bond donors (Lipinski definition) is 2. The lowest BCUT2D eigenvalue weighted by Gasteiger charge is -2.16. The molecule has 3 aromatic carbocycles. The fourth-order valence-corrected chi connectivity index (χ4v) is 4.01. The zero-order valence-electron chi connectivity index (χ0n) is 18.1. The topological polar surface area (TPSA) is 59.2 Å². The second-order valence-corrected chi connectivity index (χ2v) is 8.27. The first-order valence-electron chi connectivity index (χ1n) is 10.7. The summed E-state index contributed by atoms with van der Waals surface area (Å²) in [4.78, 5) is 7.92. The lowest BCUT2D eigenvalue weighted by atomic mass is 10.2. The van der Waals surface area contributed by atoms with Crippen LogP contribution in [0.25, 0.3) is 11.0 Å². The van der Waals surface area contributed by atoms with Crippen LogP contribution in [0, 0.1) is 5.82 Å². The third-order valence-electron chi connectivity index (χ3n) is 5.10. The Bertz CT molecular complexity index is 1190. The molecule has 0 amide bonds. The van der Waals surface area contributed by atoms with Gasteiger partial charge in [-0.05, 0) is 48.9 Å². The highest BCUT2D eigenvalue weighted by molar-refractivity contribution is 6.32. The predicted molar refractivity (Wildman–Crippen MR) is 130 cm³/mol. The van der Waals surface area contributed by atoms with Crippen LogP contribution in [-0.4, -0.2) is 23.1 Å². The van der Waals surface area contributed by atoms with Crippen LogP contribution in [0.1, 0.15) is 23.9 Å². The molecule has 0 aliphatic carbocycles. The molecule has 4 aromatic rings. The molecule has 0 radical (unpaired) electrons. The van der Waals surface area contributed by atoms with E-state index in [1.165, 1.54) is 6.07 Å². The molecule has 0 saturated heterocycles. The normalized spacial score (nSPS) is 11.2. The smallest absolute Gasteiger partial charge is 0.180 e. The molecule has 0 fully saturated rings. The molecule has 0 saturated carbocycles. The first-order valence-corrected chi connectivity index (χ1v) is 11.5. The third-order valence-corrected chi connectivity index (χ3v) is 5.73. The minimum absolute atomic E-state index is 0.0552. The first-order chi connectivity index (χ1) is 16.0. The van der Waals surface area contributed by atoms with Crippen molar-refractivity contribution in [3.63, 3.8) is 0 Å². The van der Waals surface area contributed by atoms with Crippen LogP contribution in [0.5, 0.6) is 11.5 Å². The third kappa shape index (κ3) is 5.77. The van der Waals surface area contributed by atoms with Crippen LogP contribution in [0.15, 0.2) is 54.6 Å². The number of H-pyrrole nitrogens is 1. The monoisotopic (exact) mass is 487 g/mol. The zero-order chi connectivity index (χ0) is 23.2. The lowest BCUT2D eigenvalue weighted by molar-refractivity contribution is 0.266. The van der Waals surface area contributed by atoms with E-state index in [0.29, 0.717) is 34.7 Å². The van der Waals surface area contributed by atoms with Crippen LogP contribution in [0.2, 0.25) is 10.0 Å². The number of halogens is 3. The van der Waals surface area contributed by atoms with E-state index in [1.54, 1.807) is 12.1 Å². The van der Waals surface area contributed by atoms with Gasteiger partial charge in [-0.2, -0.15) is 0 Å². The van der Waals surface area contributed by atoms with Gasteiger partial charge in [0.05, 0.1) is 27.7 Å². The summed E-state index contributed by atoms with van der Waals surface area (Å²) < 4.78 is 25.6. The summed E-state index contributed by atoms with van der Waals surface area (Å²) in [6.07, 6.45) is 0.769. The molecular weight excluding hydrogens is 464 g/mol. The molecule has 2 N–H and O–H groups in total. The molecular formula is C25H24Cl2FN3O2. The largest absolute Gasteiger partial charge is 0.490 e. The Balaban J connectivity index is 1.39. The molecule has 0 bridgehead atoms. The number of para-hydroxylation sites is 2. The predicted octanol–water partition coefficient (Wildman–Crippen LogP) is 6.32. The van der Waals surface area contributed by atoms with E-state index in [2.05, 4.69) is 15.3 Å². The SMILES string of the molecule is CCOc1cc(CNCCc2nc3ccccc3[nH]2)cc(Cl)c1OCc1c(F)cccc1Cl. The Labute approximate surface area is 201 Å². The summed E-state index contributed by atoms with van der Waals surface area (Å²) >= 11 is 12.6. The van der Waals surface area contributed by atoms with Gasteiger partial charge < -0.3 is 19.8 Å². The van der Waals surface area contributed by atoms with Crippen molar-refractivity contribution in [2.45, 2.75) is 26.5 Å². The van der Waals surface area contributed by atoms with E-state index < -0.39 is 5.82 Å². The number of fused-ring (bicyclic) bond motifs is 1. The molecule has 33 heavy (non-hydrogen) atoms. The van der Waals surface area contributed by atoms with E-state index in [4.69, 9.17) is 32.7 Å². The summed E-state index contributed by atoms with van der Waals surface area (Å²) in [5, 5.41) is 4.09. The fraction of sp³-hybridized carbons (Fsp3) is 0.240. The van der Waals surface area contributed by atoms with Gasteiger partial charge >= 0.3 is 0 Å². The average molecular weight is 488 g/mol. The van der Waals surface area contributed by atoms with Gasteiger partial charge in [0.2, 0.25) is 0 Å². The highest BCUT2D eigenvalue weighted by atomic mass is 35.5. The van der Waals surface area contributed by atoms with Crippen molar-refractivity contribution in [3.8, 4) is 11.5 Å². The second-order valence-electron chi connectivity index (χ2n) is 7.45. The molecule has 8 heteroatoms. The number of rotatable bonds is 10. The van der Waals surface area contributed by atoms with Crippen molar-refractivity contribution >= 4 is 34.2 Å². The summed E-state index contributed by atoms with van der Waals surface area (Å²) in [5.74, 6) is 1.38. The molecule has 5 nitrogen and oxygen atoms in total. The summed E-state index contributed by atoms with van der Waals surface area (Å²) in [7, 11) is 0. The standard InChI is InChI=1S/C25H24Cl2FN3O2/c1-2-32-23-13-16(14-29-11-10-24-30-21-8-3-4-9-22(21)31-24)12-19(27)25(23)33-15-17-18(26)6-5-7-20(17)28/h3-9,12-13,29H,2,10-11,14-15H2,1H3,(H,30,31). The second kappa shape index (κ2) is 10.9. The first kappa shape index (κ1) is 23.4. The summed E-state index contributed by atoms with van der Waals surface area (Å²) in [5.41, 5.74) is 3.22. The molecule has 4 rings (SSSR count). The Morgan fingerprint density at radius 3 is 2.67 bits per heavy atom. The van der Waals surface area contributed by atoms with Gasteiger partial charge in [0.1, 0.15) is 18.2 Å². The molecule has 1 aromatic heterocycles. The number of nitrogens with one attached hydrogen (secondary N) is 2. The van der Waals surface area contributed by atoms with Crippen LogP contribution in [0.3, 0.4) is 0 Å². The van der Waals surface area contributed by atoms with Crippen LogP contribution in [0.4, 0.5) is 4.39 Å². The van der Waals surface area contributed by atoms with Gasteiger partial charge in [0.25, 0.3) is 0 Å². The van der Waals surface area contributed by atoms with Gasteiger partial charge in [0, 0.05) is 25.1 Å². The fourth-order valence-electron chi connectivity index (χ4n) is 3.50. The van der Waals surface area contributed by atoms with E-state index in [-0.39, 0.29) is 12.2 Å². The van der Waals surface area contributed by atoms with E-state index in [9.17, 15) is 4.39 Å². The maximum Gasteiger partial charge on any atom is 0.180 e. The summed E-state index contributed by atoms with van der Waals surface area (Å²) in [6, 6.07) is 16.2. The summed E-state index contributed by atoms with van der Waals surface area (Å²) in [6.45, 7) is 3.60. The maximum absolute atomic E-state index is 14.1. The van der Waals surface area contributed by atoms with Gasteiger partial charge in [0.15, 0.2) is 11.5 Å². The number of ether oxygens (including phenoxy) is 2. The van der Waals surface area contributed by atoms with Gasteiger partial charge in [-0.1, -0.05) is 41.4 Å². The highest BCUT2D eigenvalue weighted by Crippen LogP contribution is 2.37. The van der Waals surface area contributed by atoms with Crippen LogP contribution < -0.4 is 14.8 Å². The minimum Gasteiger partial charge on any atom is -0.490 e. The molecule has 0 aliphatic heterocycles. The Morgan fingerprint density at radius 2 is 1.88 bits per heavy atom. The van der Waals surface area contributed by atoms with Gasteiger partial charge in [-0.25, -0.2) is 9.37 Å². The van der Waals surface area contributed by atoms with Crippen LogP contribution >= 0.6 is 23.2 Å². The van der Waals surface area contributed by atoms with Crippen molar-refractivity contribution in [2.75, 3.05) is 13.2 Å². The number of imidazole rings is 1. The molecule has 0 atom stereocenters. The van der Waals surface area contributed by atoms with E-state index >= 15 is 0 Å².